The van der Waals surface area contributed by atoms with Crippen molar-refractivity contribution in [2.75, 3.05) is 47.4 Å². The van der Waals surface area contributed by atoms with Crippen LogP contribution in [-0.2, 0) is 42.7 Å². The van der Waals surface area contributed by atoms with Crippen molar-refractivity contribution in [3.63, 3.8) is 0 Å². The fraction of sp³-hybridized carbons (Fsp3) is 0.955. The lowest BCUT2D eigenvalue weighted by atomic mass is 9.77. The number of likely N-dealkylation sites (N-methyl/N-ethyl adjacent to an activating group) is 2. The van der Waals surface area contributed by atoms with E-state index in [4.69, 9.17) is 33.2 Å². The van der Waals surface area contributed by atoms with Crippen LogP contribution < -0.4 is 5.32 Å². The van der Waals surface area contributed by atoms with E-state index in [9.17, 15) is 40.2 Å². The SMILES string of the molecule is CC[C@H]1OC(=O)[C@H](C)[C@@H](O[C@H]2C[C@@](C)(OC)[C@@H](O)[C@H](C)O2)[C@H](C)[C@@H](O[C@@H]2O[C@H](C)CC(N(C)CC(O)CNC3CCOC3=O)[C@H]2O)[C@](C)(O)C[C@@H](C)CN(C)[C@H](C)[C@@H](O)[C@]1(C)O. The highest BCUT2D eigenvalue weighted by molar-refractivity contribution is 5.77. The lowest BCUT2D eigenvalue weighted by Crippen LogP contribution is -2.61. The minimum absolute atomic E-state index is 0.0871. The van der Waals surface area contributed by atoms with Crippen LogP contribution >= 0.6 is 0 Å². The third-order valence-electron chi connectivity index (χ3n) is 14.1. The first-order valence-corrected chi connectivity index (χ1v) is 22.6. The fourth-order valence-electron chi connectivity index (χ4n) is 10.2. The van der Waals surface area contributed by atoms with Gasteiger partial charge in [-0.3, -0.25) is 14.5 Å². The number of aliphatic hydroxyl groups is 6. The first-order valence-electron chi connectivity index (χ1n) is 22.6. The maximum atomic E-state index is 14.4. The van der Waals surface area contributed by atoms with Gasteiger partial charge in [0.1, 0.15) is 36.1 Å². The lowest BCUT2D eigenvalue weighted by molar-refractivity contribution is -0.318. The second-order valence-corrected chi connectivity index (χ2v) is 19.7. The van der Waals surface area contributed by atoms with E-state index in [0.717, 1.165) is 0 Å². The van der Waals surface area contributed by atoms with Crippen LogP contribution in [0.25, 0.3) is 0 Å². The van der Waals surface area contributed by atoms with Crippen LogP contribution in [0.2, 0.25) is 0 Å². The molecule has 0 aliphatic carbocycles. The average molecular weight is 892 g/mol. The second kappa shape index (κ2) is 21.8. The molecule has 18 heteroatoms. The Morgan fingerprint density at radius 2 is 1.63 bits per heavy atom. The van der Waals surface area contributed by atoms with Gasteiger partial charge in [-0.15, -0.1) is 0 Å². The van der Waals surface area contributed by atoms with Crippen LogP contribution in [0.5, 0.6) is 0 Å². The van der Waals surface area contributed by atoms with Crippen LogP contribution in [-0.4, -0.2) is 202 Å². The molecule has 4 saturated heterocycles. The van der Waals surface area contributed by atoms with Crippen LogP contribution in [0.1, 0.15) is 101 Å². The fourth-order valence-corrected chi connectivity index (χ4v) is 10.2. The average Bonchev–Trinajstić information content (AvgIpc) is 3.62. The molecule has 4 heterocycles. The molecule has 4 rings (SSSR count). The maximum Gasteiger partial charge on any atom is 0.323 e. The summed E-state index contributed by atoms with van der Waals surface area (Å²) in [4.78, 5) is 30.1. The van der Waals surface area contributed by atoms with E-state index in [0.29, 0.717) is 26.0 Å². The van der Waals surface area contributed by atoms with Gasteiger partial charge in [-0.25, -0.2) is 0 Å². The molecule has 0 saturated carbocycles. The molecule has 0 bridgehead atoms. The molecule has 62 heavy (non-hydrogen) atoms. The number of rotatable bonds is 12. The van der Waals surface area contributed by atoms with Crippen LogP contribution in [0.3, 0.4) is 0 Å². The molecule has 20 atom stereocenters. The van der Waals surface area contributed by atoms with Gasteiger partial charge in [-0.05, 0) is 87.7 Å². The van der Waals surface area contributed by atoms with E-state index in [2.05, 4.69) is 5.32 Å². The normalized spacial score (nSPS) is 46.5. The minimum atomic E-state index is -1.84. The number of ether oxygens (including phenoxy) is 7. The van der Waals surface area contributed by atoms with Gasteiger partial charge < -0.3 is 74.0 Å². The van der Waals surface area contributed by atoms with E-state index in [1.807, 2.05) is 30.7 Å². The predicted octanol–water partition coefficient (Wildman–Crippen LogP) is 0.537. The van der Waals surface area contributed by atoms with Crippen LogP contribution in [0.15, 0.2) is 0 Å². The summed E-state index contributed by atoms with van der Waals surface area (Å²) in [5.74, 6) is -3.21. The third-order valence-corrected chi connectivity index (χ3v) is 14.1. The van der Waals surface area contributed by atoms with Gasteiger partial charge in [-0.2, -0.15) is 0 Å². The highest BCUT2D eigenvalue weighted by Crippen LogP contribution is 2.40. The second-order valence-electron chi connectivity index (χ2n) is 19.7. The van der Waals surface area contributed by atoms with Crippen LogP contribution in [0, 0.1) is 17.8 Å². The van der Waals surface area contributed by atoms with E-state index in [1.54, 1.807) is 55.5 Å². The first-order chi connectivity index (χ1) is 28.8. The first kappa shape index (κ1) is 53.0. The van der Waals surface area contributed by atoms with Crippen molar-refractivity contribution in [1.29, 1.82) is 0 Å². The molecule has 0 aromatic carbocycles. The number of carbonyl (C=O) groups is 2. The van der Waals surface area contributed by atoms with Crippen LogP contribution in [0.4, 0.5) is 0 Å². The summed E-state index contributed by atoms with van der Waals surface area (Å²) in [6, 6.07) is -1.61. The number of nitrogens with zero attached hydrogens (tertiary/aromatic N) is 2. The number of carbonyl (C=O) groups excluding carboxylic acids is 2. The van der Waals surface area contributed by atoms with E-state index >= 15 is 0 Å². The van der Waals surface area contributed by atoms with Gasteiger partial charge >= 0.3 is 11.9 Å². The van der Waals surface area contributed by atoms with Crippen molar-refractivity contribution in [1.82, 2.24) is 15.1 Å². The Hall–Kier alpha value is -1.62. The Kier molecular flexibility index (Phi) is 18.6. The summed E-state index contributed by atoms with van der Waals surface area (Å²) in [5.41, 5.74) is -4.57. The summed E-state index contributed by atoms with van der Waals surface area (Å²) < 4.78 is 42.9. The zero-order valence-electron chi connectivity index (χ0n) is 39.4. The van der Waals surface area contributed by atoms with Gasteiger partial charge in [0.25, 0.3) is 0 Å². The summed E-state index contributed by atoms with van der Waals surface area (Å²) in [6.45, 7) is 18.3. The molecule has 0 spiro atoms. The standard InChI is InChI=1S/C44H81N3O15/c1-14-32-44(10,55)36(50)27(6)46(11)21-23(2)18-42(8,54)38(25(4)35(26(5)39(52)60-32)61-33-19-43(9,56-13)37(51)28(7)59-33)62-41-34(49)31(17-24(3)58-41)47(12)22-29(48)20-45-30-15-16-57-40(30)53/h23-38,41,45,48-51,54-55H,14-22H2,1-13H3/t23-,24-,25+,26-,27-,28+,29?,30?,31?,32-,33+,34-,35+,36-,37+,38-,41+,42-,43-,44-/m1/s1. The largest absolute Gasteiger partial charge is 0.464 e. The Morgan fingerprint density at radius 1 is 0.968 bits per heavy atom. The predicted molar refractivity (Wildman–Crippen MR) is 226 cm³/mol. The molecule has 362 valence electrons. The number of aliphatic hydroxyl groups excluding tert-OH is 4. The van der Waals surface area contributed by atoms with Gasteiger partial charge in [0.2, 0.25) is 0 Å². The number of nitrogens with one attached hydrogen (secondary N) is 1. The zero-order valence-corrected chi connectivity index (χ0v) is 39.4. The minimum Gasteiger partial charge on any atom is -0.464 e. The Morgan fingerprint density at radius 3 is 2.23 bits per heavy atom. The lowest BCUT2D eigenvalue weighted by Gasteiger charge is -2.49. The smallest absolute Gasteiger partial charge is 0.323 e. The molecule has 0 amide bonds. The van der Waals surface area contributed by atoms with Crippen molar-refractivity contribution in [3.05, 3.63) is 0 Å². The number of methoxy groups -OCH3 is 1. The molecule has 18 nitrogen and oxygen atoms in total. The van der Waals surface area contributed by atoms with E-state index in [-0.39, 0.29) is 44.2 Å². The highest BCUT2D eigenvalue weighted by atomic mass is 16.7. The summed E-state index contributed by atoms with van der Waals surface area (Å²) in [6.07, 6.45) is -9.86. The molecule has 3 unspecified atom stereocenters. The number of esters is 2. The monoisotopic (exact) mass is 892 g/mol. The Labute approximate surface area is 368 Å². The Balaban J connectivity index is 1.73. The maximum absolute atomic E-state index is 14.4. The quantitative estimate of drug-likeness (QED) is 0.132. The molecular weight excluding hydrogens is 810 g/mol. The van der Waals surface area contributed by atoms with Crippen molar-refractivity contribution in [2.45, 2.75) is 204 Å². The van der Waals surface area contributed by atoms with Crippen molar-refractivity contribution >= 4 is 11.9 Å². The summed E-state index contributed by atoms with van der Waals surface area (Å²) >= 11 is 0. The molecule has 4 aliphatic heterocycles. The van der Waals surface area contributed by atoms with Crippen molar-refractivity contribution in [2.24, 2.45) is 17.8 Å². The Bertz CT molecular complexity index is 1440. The molecular formula is C44H81N3O15. The summed E-state index contributed by atoms with van der Waals surface area (Å²) in [5, 5.41) is 73.1. The molecule has 4 aliphatic rings. The van der Waals surface area contributed by atoms with E-state index < -0.39 is 120 Å². The number of hydrogen-bond donors (Lipinski definition) is 7. The number of cyclic esters (lactones) is 2. The molecule has 7 N–H and O–H groups in total. The summed E-state index contributed by atoms with van der Waals surface area (Å²) in [7, 11) is 5.09. The van der Waals surface area contributed by atoms with Crippen molar-refractivity contribution in [3.8, 4) is 0 Å². The zero-order chi connectivity index (χ0) is 46.6. The molecule has 0 aromatic rings. The van der Waals surface area contributed by atoms with E-state index in [1.165, 1.54) is 14.0 Å². The van der Waals surface area contributed by atoms with Gasteiger partial charge in [0.05, 0.1) is 54.2 Å². The van der Waals surface area contributed by atoms with Gasteiger partial charge in [0, 0.05) is 57.6 Å². The van der Waals surface area contributed by atoms with Crippen molar-refractivity contribution < 1.29 is 73.4 Å². The van der Waals surface area contributed by atoms with Gasteiger partial charge in [-0.1, -0.05) is 20.8 Å². The highest BCUT2D eigenvalue weighted by Gasteiger charge is 2.53. The third kappa shape index (κ3) is 12.4. The molecule has 0 aromatic heterocycles. The number of hydrogen-bond acceptors (Lipinski definition) is 18. The topological polar surface area (TPSA) is 239 Å². The molecule has 0 radical (unpaired) electrons. The van der Waals surface area contributed by atoms with Gasteiger partial charge in [0.15, 0.2) is 12.6 Å². The molecule has 4 fully saturated rings.